The number of rotatable bonds is 3. The van der Waals surface area contributed by atoms with E-state index in [0.29, 0.717) is 5.56 Å². The summed E-state index contributed by atoms with van der Waals surface area (Å²) in [6.45, 7) is 1.46. The molecule has 3 heterocycles. The van der Waals surface area contributed by atoms with E-state index in [2.05, 4.69) is 15.3 Å². The fourth-order valence-corrected chi connectivity index (χ4v) is 5.03. The molecule has 1 unspecified atom stereocenters. The number of nitrogens with zero attached hydrogens (tertiary/aromatic N) is 2. The molecule has 0 fully saturated rings. The average molecular weight is 536 g/mol. The number of nitrogens with one attached hydrogen (secondary N) is 1. The molecule has 2 aromatic carbocycles. The van der Waals surface area contributed by atoms with E-state index in [0.717, 1.165) is 12.1 Å². The van der Waals surface area contributed by atoms with Gasteiger partial charge in [-0.2, -0.15) is 18.2 Å². The number of amides is 1. The predicted octanol–water partition coefficient (Wildman–Crippen LogP) is 5.41. The highest BCUT2D eigenvalue weighted by molar-refractivity contribution is 6.34. The maximum Gasteiger partial charge on any atom is 0.418 e. The Labute approximate surface area is 211 Å². The van der Waals surface area contributed by atoms with Crippen LogP contribution in [0.1, 0.15) is 29.2 Å². The molecule has 1 spiro atoms. The Bertz CT molecular complexity index is 1460. The van der Waals surface area contributed by atoms with Crippen LogP contribution < -0.4 is 10.1 Å². The maximum atomic E-state index is 13.9. The number of hydrogen-bond donors (Lipinski definition) is 1. The highest BCUT2D eigenvalue weighted by Gasteiger charge is 2.62. The summed E-state index contributed by atoms with van der Waals surface area (Å²) in [6.07, 6.45) is -4.81. The first-order chi connectivity index (χ1) is 17.1. The Kier molecular flexibility index (Phi) is 5.68. The summed E-state index contributed by atoms with van der Waals surface area (Å²) in [4.78, 5) is 35.3. The first kappa shape index (κ1) is 24.1. The molecule has 1 atom stereocenters. The second-order valence-corrected chi connectivity index (χ2v) is 8.48. The number of alkyl halides is 3. The van der Waals surface area contributed by atoms with E-state index in [-0.39, 0.29) is 45.4 Å². The Morgan fingerprint density at radius 1 is 1.11 bits per heavy atom. The first-order valence-corrected chi connectivity index (χ1v) is 11.3. The molecule has 0 radical (unpaired) electrons. The molecule has 12 heteroatoms. The van der Waals surface area contributed by atoms with Crippen molar-refractivity contribution in [3.63, 3.8) is 0 Å². The summed E-state index contributed by atoms with van der Waals surface area (Å²) in [5, 5.41) is 1.61. The van der Waals surface area contributed by atoms with Crippen LogP contribution >= 0.6 is 23.2 Å². The van der Waals surface area contributed by atoms with Gasteiger partial charge in [0.25, 0.3) is 0 Å². The van der Waals surface area contributed by atoms with Crippen molar-refractivity contribution in [3.8, 4) is 5.88 Å². The third-order valence-corrected chi connectivity index (χ3v) is 6.29. The molecule has 1 aromatic heterocycles. The number of carbonyl (C=O) groups excluding carboxylic acids is 2. The van der Waals surface area contributed by atoms with Crippen molar-refractivity contribution in [2.24, 2.45) is 0 Å². The Morgan fingerprint density at radius 2 is 1.83 bits per heavy atom. The van der Waals surface area contributed by atoms with Crippen LogP contribution in [0.5, 0.6) is 5.88 Å². The highest BCUT2D eigenvalue weighted by Crippen LogP contribution is 2.58. The number of carbonyl (C=O) groups is 2. The molecule has 3 aromatic rings. The minimum absolute atomic E-state index is 0.0880. The highest BCUT2D eigenvalue weighted by atomic mass is 35.5. The van der Waals surface area contributed by atoms with Crippen molar-refractivity contribution in [1.82, 2.24) is 9.97 Å². The zero-order chi connectivity index (χ0) is 25.8. The fraction of sp³-hybridized carbons (Fsp3) is 0.167. The van der Waals surface area contributed by atoms with E-state index in [1.165, 1.54) is 6.07 Å². The number of para-hydroxylation sites is 1. The van der Waals surface area contributed by atoms with Crippen LogP contribution in [-0.2, 0) is 25.9 Å². The molecule has 0 saturated carbocycles. The van der Waals surface area contributed by atoms with Gasteiger partial charge in [-0.3, -0.25) is 4.79 Å². The lowest BCUT2D eigenvalue weighted by atomic mass is 9.68. The zero-order valence-electron chi connectivity index (χ0n) is 18.2. The molecule has 1 N–H and O–H groups in total. The quantitative estimate of drug-likeness (QED) is 0.274. The van der Waals surface area contributed by atoms with Crippen LogP contribution in [0.2, 0.25) is 10.4 Å². The Balaban J connectivity index is 1.98. The number of esters is 1. The molecule has 0 aliphatic carbocycles. The molecule has 36 heavy (non-hydrogen) atoms. The van der Waals surface area contributed by atoms with Gasteiger partial charge in [-0.15, -0.1) is 0 Å². The lowest BCUT2D eigenvalue weighted by molar-refractivity contribution is -0.140. The molecule has 0 bridgehead atoms. The van der Waals surface area contributed by atoms with Gasteiger partial charge in [-0.1, -0.05) is 54.1 Å². The maximum absolute atomic E-state index is 13.9. The standard InChI is InChI=1S/C24H14Cl2F3N3O4/c1-2-35-20(33)14-17(11-7-4-3-5-8-11)36-19-15(18(25)31-22(26)32-19)23(14)12-9-6-10-13(24(27,28)29)16(12)30-21(23)34/h3-10H,2H2,1H3,(H,30,34). The van der Waals surface area contributed by atoms with Crippen molar-refractivity contribution < 1.29 is 32.2 Å². The summed E-state index contributed by atoms with van der Waals surface area (Å²) < 4.78 is 53.0. The largest absolute Gasteiger partial charge is 0.462 e. The van der Waals surface area contributed by atoms with Crippen LogP contribution in [0.25, 0.3) is 5.76 Å². The summed E-state index contributed by atoms with van der Waals surface area (Å²) in [7, 11) is 0. The molecular formula is C24H14Cl2F3N3O4. The summed E-state index contributed by atoms with van der Waals surface area (Å²) in [6, 6.07) is 11.5. The topological polar surface area (TPSA) is 90.4 Å². The third-order valence-electron chi connectivity index (χ3n) is 5.85. The number of anilines is 1. The molecule has 5 rings (SSSR count). The lowest BCUT2D eigenvalue weighted by Gasteiger charge is -2.36. The van der Waals surface area contributed by atoms with Gasteiger partial charge in [-0.05, 0) is 24.6 Å². The Morgan fingerprint density at radius 3 is 2.50 bits per heavy atom. The van der Waals surface area contributed by atoms with Gasteiger partial charge >= 0.3 is 12.1 Å². The van der Waals surface area contributed by atoms with Gasteiger partial charge in [0.1, 0.15) is 21.9 Å². The minimum Gasteiger partial charge on any atom is -0.462 e. The number of benzene rings is 2. The third kappa shape index (κ3) is 3.43. The van der Waals surface area contributed by atoms with Crippen molar-refractivity contribution in [2.75, 3.05) is 11.9 Å². The molecule has 1 amide bonds. The SMILES string of the molecule is CCOC(=O)C1=C(c2ccccc2)Oc2nc(Cl)nc(Cl)c2C12C(=O)Nc1c(C(F)(F)F)cccc12. The van der Waals surface area contributed by atoms with Crippen molar-refractivity contribution in [3.05, 3.63) is 86.8 Å². The summed E-state index contributed by atoms with van der Waals surface area (Å²) in [5.41, 5.74) is -4.31. The van der Waals surface area contributed by atoms with E-state index in [1.54, 1.807) is 37.3 Å². The number of fused-ring (bicyclic) bond motifs is 4. The van der Waals surface area contributed by atoms with Gasteiger partial charge in [0.05, 0.1) is 23.4 Å². The van der Waals surface area contributed by atoms with Crippen LogP contribution in [0, 0.1) is 0 Å². The van der Waals surface area contributed by atoms with Crippen LogP contribution in [-0.4, -0.2) is 28.5 Å². The molecule has 7 nitrogen and oxygen atoms in total. The lowest BCUT2D eigenvalue weighted by Crippen LogP contribution is -2.45. The number of hydrogen-bond acceptors (Lipinski definition) is 6. The molecule has 2 aliphatic heterocycles. The van der Waals surface area contributed by atoms with E-state index in [9.17, 15) is 22.8 Å². The minimum atomic E-state index is -4.81. The first-order valence-electron chi connectivity index (χ1n) is 10.5. The van der Waals surface area contributed by atoms with E-state index in [1.807, 2.05) is 0 Å². The zero-order valence-corrected chi connectivity index (χ0v) is 19.8. The number of halogens is 5. The van der Waals surface area contributed by atoms with Gasteiger partial charge in [0, 0.05) is 11.1 Å². The van der Waals surface area contributed by atoms with Crippen LogP contribution in [0.3, 0.4) is 0 Å². The van der Waals surface area contributed by atoms with Gasteiger partial charge in [0.2, 0.25) is 17.1 Å². The molecular weight excluding hydrogens is 522 g/mol. The predicted molar refractivity (Wildman–Crippen MR) is 124 cm³/mol. The summed E-state index contributed by atoms with van der Waals surface area (Å²) >= 11 is 12.4. The van der Waals surface area contributed by atoms with Crippen LogP contribution in [0.15, 0.2) is 54.1 Å². The Hall–Kier alpha value is -3.63. The fourth-order valence-electron chi connectivity index (χ4n) is 4.53. The van der Waals surface area contributed by atoms with E-state index < -0.39 is 34.7 Å². The smallest absolute Gasteiger partial charge is 0.418 e. The van der Waals surface area contributed by atoms with Gasteiger partial charge in [-0.25, -0.2) is 9.78 Å². The van der Waals surface area contributed by atoms with Crippen molar-refractivity contribution >= 4 is 46.5 Å². The molecule has 0 saturated heterocycles. The van der Waals surface area contributed by atoms with Crippen molar-refractivity contribution in [1.29, 1.82) is 0 Å². The number of ether oxygens (including phenoxy) is 2. The van der Waals surface area contributed by atoms with Crippen molar-refractivity contribution in [2.45, 2.75) is 18.5 Å². The molecule has 184 valence electrons. The van der Waals surface area contributed by atoms with Gasteiger partial charge < -0.3 is 14.8 Å². The normalized spacial score (nSPS) is 18.4. The van der Waals surface area contributed by atoms with E-state index >= 15 is 0 Å². The summed E-state index contributed by atoms with van der Waals surface area (Å²) in [5.74, 6) is -2.41. The molecule has 2 aliphatic rings. The van der Waals surface area contributed by atoms with Crippen LogP contribution in [0.4, 0.5) is 18.9 Å². The second-order valence-electron chi connectivity index (χ2n) is 7.79. The second kappa shape index (κ2) is 8.49. The average Bonchev–Trinajstić information content (AvgIpc) is 3.10. The van der Waals surface area contributed by atoms with Gasteiger partial charge in [0.15, 0.2) is 0 Å². The van der Waals surface area contributed by atoms with E-state index in [4.69, 9.17) is 32.7 Å². The number of aromatic nitrogens is 2. The monoisotopic (exact) mass is 535 g/mol.